The highest BCUT2D eigenvalue weighted by atomic mass is 19.4. The van der Waals surface area contributed by atoms with E-state index in [1.807, 2.05) is 0 Å². The lowest BCUT2D eigenvalue weighted by Gasteiger charge is -2.29. The molecule has 0 heterocycles. The van der Waals surface area contributed by atoms with Crippen molar-refractivity contribution >= 4 is 0 Å². The summed E-state index contributed by atoms with van der Waals surface area (Å²) in [4.78, 5) is 0. The molecule has 21 heavy (non-hydrogen) atoms. The van der Waals surface area contributed by atoms with Gasteiger partial charge in [-0.05, 0) is 48.4 Å². The zero-order chi connectivity index (χ0) is 16.1. The lowest BCUT2D eigenvalue weighted by molar-refractivity contribution is -0.137. The molecular formula is C17H26F3N. The zero-order valence-corrected chi connectivity index (χ0v) is 13.3. The number of alkyl halides is 3. The van der Waals surface area contributed by atoms with Crippen LogP contribution < -0.4 is 5.32 Å². The molecule has 0 aromatic heterocycles. The number of hydrogen-bond acceptors (Lipinski definition) is 1. The summed E-state index contributed by atoms with van der Waals surface area (Å²) in [6, 6.07) is 5.54. The molecule has 1 nitrogen and oxygen atoms in total. The van der Waals surface area contributed by atoms with Crippen LogP contribution in [0.2, 0.25) is 0 Å². The minimum absolute atomic E-state index is 0.0641. The predicted octanol–water partition coefficient (Wildman–Crippen LogP) is 4.91. The van der Waals surface area contributed by atoms with Gasteiger partial charge in [-0.3, -0.25) is 0 Å². The Morgan fingerprint density at radius 2 is 1.67 bits per heavy atom. The van der Waals surface area contributed by atoms with Gasteiger partial charge in [-0.2, -0.15) is 13.2 Å². The third-order valence-corrected chi connectivity index (χ3v) is 3.87. The molecule has 0 bridgehead atoms. The van der Waals surface area contributed by atoms with Crippen LogP contribution in [0.1, 0.15) is 45.2 Å². The Balaban J connectivity index is 2.68. The van der Waals surface area contributed by atoms with Gasteiger partial charge in [-0.25, -0.2) is 0 Å². The van der Waals surface area contributed by atoms with E-state index in [1.165, 1.54) is 12.1 Å². The van der Waals surface area contributed by atoms with Crippen LogP contribution in [0, 0.1) is 11.3 Å². The molecule has 0 aliphatic carbocycles. The Morgan fingerprint density at radius 1 is 1.10 bits per heavy atom. The second-order valence-corrected chi connectivity index (χ2v) is 6.56. The van der Waals surface area contributed by atoms with E-state index >= 15 is 0 Å². The first-order valence-electron chi connectivity index (χ1n) is 7.53. The first-order chi connectivity index (χ1) is 9.66. The highest BCUT2D eigenvalue weighted by Crippen LogP contribution is 2.31. The molecule has 0 radical (unpaired) electrons. The Labute approximate surface area is 125 Å². The summed E-state index contributed by atoms with van der Waals surface area (Å²) in [5.41, 5.74) is 0.440. The van der Waals surface area contributed by atoms with Crippen LogP contribution in [0.3, 0.4) is 0 Å². The van der Waals surface area contributed by atoms with E-state index < -0.39 is 11.7 Å². The highest BCUT2D eigenvalue weighted by molar-refractivity contribution is 5.25. The number of nitrogens with one attached hydrogen (secondary N) is 1. The van der Waals surface area contributed by atoms with Crippen LogP contribution >= 0.6 is 0 Å². The van der Waals surface area contributed by atoms with Crippen LogP contribution in [0.4, 0.5) is 13.2 Å². The normalized spacial score (nSPS) is 15.2. The van der Waals surface area contributed by atoms with Crippen LogP contribution in [-0.4, -0.2) is 13.1 Å². The van der Waals surface area contributed by atoms with Gasteiger partial charge in [-0.15, -0.1) is 0 Å². The molecule has 1 aromatic rings. The molecule has 0 spiro atoms. The van der Waals surface area contributed by atoms with Gasteiger partial charge in [0.2, 0.25) is 0 Å². The predicted molar refractivity (Wildman–Crippen MR) is 81.3 cm³/mol. The minimum Gasteiger partial charge on any atom is -0.316 e. The number of halogens is 3. The first kappa shape index (κ1) is 18.0. The Kier molecular flexibility index (Phi) is 6.26. The maximum atomic E-state index is 12.6. The van der Waals surface area contributed by atoms with Gasteiger partial charge < -0.3 is 5.32 Å². The summed E-state index contributed by atoms with van der Waals surface area (Å²) in [7, 11) is 0. The Bertz CT molecular complexity index is 423. The van der Waals surface area contributed by atoms with Crippen LogP contribution in [0.25, 0.3) is 0 Å². The van der Waals surface area contributed by atoms with Crippen molar-refractivity contribution in [2.45, 2.75) is 46.7 Å². The van der Waals surface area contributed by atoms with Gasteiger partial charge in [0, 0.05) is 6.54 Å². The number of rotatable bonds is 7. The Morgan fingerprint density at radius 3 is 2.10 bits per heavy atom. The highest BCUT2D eigenvalue weighted by Gasteiger charge is 2.30. The van der Waals surface area contributed by atoms with Gasteiger partial charge in [0.1, 0.15) is 0 Å². The SMILES string of the molecule is CCC(C)(CNCC(C)C)Cc1ccc(C(F)(F)F)cc1. The minimum atomic E-state index is -4.26. The molecule has 1 rings (SSSR count). The van der Waals surface area contributed by atoms with Gasteiger partial charge in [0.15, 0.2) is 0 Å². The molecule has 120 valence electrons. The molecule has 1 unspecified atom stereocenters. The van der Waals surface area contributed by atoms with E-state index in [0.29, 0.717) is 5.92 Å². The molecule has 1 atom stereocenters. The summed E-state index contributed by atoms with van der Waals surface area (Å²) in [5.74, 6) is 0.595. The van der Waals surface area contributed by atoms with Crippen LogP contribution in [-0.2, 0) is 12.6 Å². The van der Waals surface area contributed by atoms with Crippen molar-refractivity contribution in [1.29, 1.82) is 0 Å². The maximum Gasteiger partial charge on any atom is 0.416 e. The fourth-order valence-corrected chi connectivity index (χ4v) is 2.28. The molecular weight excluding hydrogens is 275 g/mol. The van der Waals surface area contributed by atoms with Crippen molar-refractivity contribution in [3.05, 3.63) is 35.4 Å². The molecule has 0 saturated carbocycles. The molecule has 0 aliphatic heterocycles. The van der Waals surface area contributed by atoms with Crippen molar-refractivity contribution < 1.29 is 13.2 Å². The summed E-state index contributed by atoms with van der Waals surface area (Å²) in [5, 5.41) is 3.45. The van der Waals surface area contributed by atoms with Crippen LogP contribution in [0.5, 0.6) is 0 Å². The third-order valence-electron chi connectivity index (χ3n) is 3.87. The van der Waals surface area contributed by atoms with E-state index in [4.69, 9.17) is 0 Å². The lowest BCUT2D eigenvalue weighted by atomic mass is 9.81. The van der Waals surface area contributed by atoms with Crippen molar-refractivity contribution in [3.8, 4) is 0 Å². The summed E-state index contributed by atoms with van der Waals surface area (Å²) < 4.78 is 37.7. The topological polar surface area (TPSA) is 12.0 Å². The maximum absolute atomic E-state index is 12.6. The van der Waals surface area contributed by atoms with Crippen molar-refractivity contribution in [2.75, 3.05) is 13.1 Å². The molecule has 0 fully saturated rings. The first-order valence-corrected chi connectivity index (χ1v) is 7.53. The smallest absolute Gasteiger partial charge is 0.316 e. The van der Waals surface area contributed by atoms with Gasteiger partial charge in [0.25, 0.3) is 0 Å². The molecule has 0 saturated heterocycles. The summed E-state index contributed by atoms with van der Waals surface area (Å²) in [6.07, 6.45) is -2.49. The van der Waals surface area contributed by atoms with E-state index in [2.05, 4.69) is 33.0 Å². The summed E-state index contributed by atoms with van der Waals surface area (Å²) in [6.45, 7) is 10.5. The van der Waals surface area contributed by atoms with E-state index in [9.17, 15) is 13.2 Å². The number of hydrogen-bond donors (Lipinski definition) is 1. The van der Waals surface area contributed by atoms with Gasteiger partial charge in [-0.1, -0.05) is 39.8 Å². The average molecular weight is 301 g/mol. The lowest BCUT2D eigenvalue weighted by Crippen LogP contribution is -2.35. The van der Waals surface area contributed by atoms with Crippen molar-refractivity contribution in [1.82, 2.24) is 5.32 Å². The molecule has 0 amide bonds. The average Bonchev–Trinajstić information content (AvgIpc) is 2.38. The van der Waals surface area contributed by atoms with Gasteiger partial charge in [0.05, 0.1) is 5.56 Å². The molecule has 4 heteroatoms. The van der Waals surface area contributed by atoms with Crippen molar-refractivity contribution in [2.24, 2.45) is 11.3 Å². The Hall–Kier alpha value is -1.03. The second-order valence-electron chi connectivity index (χ2n) is 6.56. The molecule has 1 N–H and O–H groups in total. The summed E-state index contributed by atoms with van der Waals surface area (Å²) >= 11 is 0. The third kappa shape index (κ3) is 6.08. The number of benzene rings is 1. The van der Waals surface area contributed by atoms with Crippen LogP contribution in [0.15, 0.2) is 24.3 Å². The monoisotopic (exact) mass is 301 g/mol. The van der Waals surface area contributed by atoms with E-state index in [0.717, 1.165) is 31.5 Å². The van der Waals surface area contributed by atoms with Gasteiger partial charge >= 0.3 is 6.18 Å². The largest absolute Gasteiger partial charge is 0.416 e. The fourth-order valence-electron chi connectivity index (χ4n) is 2.28. The standard InChI is InChI=1S/C17H26F3N/c1-5-16(4,12-21-11-13(2)3)10-14-6-8-15(9-7-14)17(18,19)20/h6-9,13,21H,5,10-12H2,1-4H3. The fraction of sp³-hybridized carbons (Fsp3) is 0.647. The molecule has 1 aromatic carbocycles. The zero-order valence-electron chi connectivity index (χ0n) is 13.3. The van der Waals surface area contributed by atoms with E-state index in [1.54, 1.807) is 12.1 Å². The quantitative estimate of drug-likeness (QED) is 0.754. The van der Waals surface area contributed by atoms with Crippen molar-refractivity contribution in [3.63, 3.8) is 0 Å². The molecule has 0 aliphatic rings. The second kappa shape index (κ2) is 7.30. The van der Waals surface area contributed by atoms with E-state index in [-0.39, 0.29) is 5.41 Å².